The first-order valence-electron chi connectivity index (χ1n) is 8.67. The minimum atomic E-state index is -0.116. The third kappa shape index (κ3) is 3.42. The quantitative estimate of drug-likeness (QED) is 0.812. The number of nitrogens with two attached hydrogens (primary N) is 1. The Balaban J connectivity index is 1.70. The van der Waals surface area contributed by atoms with Crippen LogP contribution in [0.15, 0.2) is 48.5 Å². The zero-order valence-corrected chi connectivity index (χ0v) is 14.5. The number of nitrogen functional groups attached to an aromatic ring is 1. The van der Waals surface area contributed by atoms with Gasteiger partial charge in [-0.2, -0.15) is 0 Å². The van der Waals surface area contributed by atoms with E-state index in [0.29, 0.717) is 6.61 Å². The van der Waals surface area contributed by atoms with Crippen LogP contribution in [0.25, 0.3) is 0 Å². The van der Waals surface area contributed by atoms with E-state index in [1.54, 1.807) is 0 Å². The second kappa shape index (κ2) is 7.04. The van der Waals surface area contributed by atoms with Crippen molar-refractivity contribution in [1.82, 2.24) is 0 Å². The van der Waals surface area contributed by atoms with Crippen molar-refractivity contribution in [2.45, 2.75) is 32.3 Å². The third-order valence-corrected chi connectivity index (χ3v) is 4.81. The normalized spacial score (nSPS) is 15.5. The van der Waals surface area contributed by atoms with E-state index in [1.165, 1.54) is 0 Å². The summed E-state index contributed by atoms with van der Waals surface area (Å²) < 4.78 is 12.2. The predicted molar refractivity (Wildman–Crippen MR) is 98.9 cm³/mol. The van der Waals surface area contributed by atoms with Gasteiger partial charge in [-0.25, -0.2) is 0 Å². The monoisotopic (exact) mass is 326 g/mol. The molecule has 0 amide bonds. The van der Waals surface area contributed by atoms with Crippen LogP contribution in [0.1, 0.15) is 26.7 Å². The molecule has 0 aromatic heterocycles. The van der Waals surface area contributed by atoms with Gasteiger partial charge in [0.1, 0.15) is 23.7 Å². The van der Waals surface area contributed by atoms with Crippen molar-refractivity contribution in [3.05, 3.63) is 48.5 Å². The van der Waals surface area contributed by atoms with Crippen LogP contribution < -0.4 is 20.1 Å². The van der Waals surface area contributed by atoms with Crippen LogP contribution in [0.2, 0.25) is 0 Å². The van der Waals surface area contributed by atoms with Crippen molar-refractivity contribution in [2.24, 2.45) is 0 Å². The lowest BCUT2D eigenvalue weighted by Crippen LogP contribution is -2.51. The number of hydrogen-bond acceptors (Lipinski definition) is 4. The zero-order valence-electron chi connectivity index (χ0n) is 14.5. The predicted octanol–water partition coefficient (Wildman–Crippen LogP) is 4.11. The molecular weight excluding hydrogens is 300 g/mol. The van der Waals surface area contributed by atoms with Gasteiger partial charge in [-0.3, -0.25) is 0 Å². The number of fused-ring (bicyclic) bond motifs is 1. The minimum absolute atomic E-state index is 0.116. The Morgan fingerprint density at radius 2 is 1.79 bits per heavy atom. The average molecular weight is 326 g/mol. The van der Waals surface area contributed by atoms with Crippen LogP contribution in [-0.4, -0.2) is 25.3 Å². The van der Waals surface area contributed by atoms with Crippen molar-refractivity contribution >= 4 is 11.4 Å². The number of anilines is 2. The Bertz CT molecular complexity index is 666. The molecule has 1 aliphatic rings. The number of nitrogens with zero attached hydrogens (tertiary/aromatic N) is 1. The molecular formula is C20H26N2O2. The van der Waals surface area contributed by atoms with Gasteiger partial charge in [-0.1, -0.05) is 26.0 Å². The summed E-state index contributed by atoms with van der Waals surface area (Å²) in [5.74, 6) is 1.82. The fraction of sp³-hybridized carbons (Fsp3) is 0.400. The van der Waals surface area contributed by atoms with Crippen molar-refractivity contribution in [3.8, 4) is 11.5 Å². The van der Waals surface area contributed by atoms with Gasteiger partial charge in [0.05, 0.1) is 18.8 Å². The molecule has 2 aromatic rings. The van der Waals surface area contributed by atoms with Gasteiger partial charge in [0.2, 0.25) is 0 Å². The summed E-state index contributed by atoms with van der Waals surface area (Å²) in [6, 6.07) is 15.8. The molecule has 2 aromatic carbocycles. The molecule has 4 nitrogen and oxygen atoms in total. The van der Waals surface area contributed by atoms with Gasteiger partial charge in [-0.05, 0) is 49.2 Å². The number of para-hydroxylation sites is 2. The molecule has 0 fully saturated rings. The Morgan fingerprint density at radius 3 is 2.50 bits per heavy atom. The lowest BCUT2D eigenvalue weighted by molar-refractivity contribution is 0.0567. The second-order valence-corrected chi connectivity index (χ2v) is 6.30. The van der Waals surface area contributed by atoms with Crippen LogP contribution in [0.4, 0.5) is 11.4 Å². The van der Waals surface area contributed by atoms with Gasteiger partial charge < -0.3 is 20.1 Å². The molecule has 0 atom stereocenters. The maximum Gasteiger partial charge on any atom is 0.143 e. The van der Waals surface area contributed by atoms with Crippen molar-refractivity contribution < 1.29 is 9.47 Å². The topological polar surface area (TPSA) is 47.7 Å². The SMILES string of the molecule is CCC1(CC)CN(CCOc2ccc(N)cc2)c2ccccc2O1. The van der Waals surface area contributed by atoms with E-state index >= 15 is 0 Å². The van der Waals surface area contributed by atoms with E-state index in [9.17, 15) is 0 Å². The molecule has 0 radical (unpaired) electrons. The summed E-state index contributed by atoms with van der Waals surface area (Å²) in [6.07, 6.45) is 1.99. The molecule has 0 aliphatic carbocycles. The zero-order chi connectivity index (χ0) is 17.0. The average Bonchev–Trinajstić information content (AvgIpc) is 2.63. The largest absolute Gasteiger partial charge is 0.492 e. The molecule has 3 rings (SSSR count). The summed E-state index contributed by atoms with van der Waals surface area (Å²) in [5.41, 5.74) is 7.49. The summed E-state index contributed by atoms with van der Waals surface area (Å²) in [6.45, 7) is 6.73. The van der Waals surface area contributed by atoms with Gasteiger partial charge in [0.15, 0.2) is 0 Å². The lowest BCUT2D eigenvalue weighted by atomic mass is 9.94. The van der Waals surface area contributed by atoms with Crippen LogP contribution in [0.5, 0.6) is 11.5 Å². The molecule has 2 N–H and O–H groups in total. The molecule has 0 unspecified atom stereocenters. The van der Waals surface area contributed by atoms with Crippen LogP contribution >= 0.6 is 0 Å². The van der Waals surface area contributed by atoms with Crippen LogP contribution in [-0.2, 0) is 0 Å². The highest BCUT2D eigenvalue weighted by atomic mass is 16.5. The van der Waals surface area contributed by atoms with Crippen molar-refractivity contribution in [1.29, 1.82) is 0 Å². The van der Waals surface area contributed by atoms with Gasteiger partial charge in [-0.15, -0.1) is 0 Å². The Kier molecular flexibility index (Phi) is 4.84. The number of ether oxygens (including phenoxy) is 2. The standard InChI is InChI=1S/C20H26N2O2/c1-3-20(4-2)15-22(18-7-5-6-8-19(18)24-20)13-14-23-17-11-9-16(21)10-12-17/h5-12H,3-4,13-15,21H2,1-2H3. The molecule has 0 spiro atoms. The molecule has 1 heterocycles. The molecule has 24 heavy (non-hydrogen) atoms. The maximum absolute atomic E-state index is 6.33. The molecule has 4 heteroatoms. The summed E-state index contributed by atoms with van der Waals surface area (Å²) in [5, 5.41) is 0. The first-order chi connectivity index (χ1) is 11.7. The fourth-order valence-electron chi connectivity index (χ4n) is 3.16. The second-order valence-electron chi connectivity index (χ2n) is 6.30. The third-order valence-electron chi connectivity index (χ3n) is 4.81. The minimum Gasteiger partial charge on any atom is -0.492 e. The van der Waals surface area contributed by atoms with E-state index in [4.69, 9.17) is 15.2 Å². The smallest absolute Gasteiger partial charge is 0.143 e. The first-order valence-corrected chi connectivity index (χ1v) is 8.67. The Morgan fingerprint density at radius 1 is 1.08 bits per heavy atom. The van der Waals surface area contributed by atoms with Crippen LogP contribution in [0, 0.1) is 0 Å². The molecule has 0 saturated carbocycles. The Labute approximate surface area is 144 Å². The highest BCUT2D eigenvalue weighted by Gasteiger charge is 2.36. The van der Waals surface area contributed by atoms with E-state index in [-0.39, 0.29) is 5.60 Å². The summed E-state index contributed by atoms with van der Waals surface area (Å²) in [7, 11) is 0. The highest BCUT2D eigenvalue weighted by Crippen LogP contribution is 2.39. The van der Waals surface area contributed by atoms with Gasteiger partial charge in [0.25, 0.3) is 0 Å². The summed E-state index contributed by atoms with van der Waals surface area (Å²) >= 11 is 0. The molecule has 128 valence electrons. The molecule has 0 saturated heterocycles. The van der Waals surface area contributed by atoms with E-state index in [1.807, 2.05) is 30.3 Å². The van der Waals surface area contributed by atoms with Crippen molar-refractivity contribution in [2.75, 3.05) is 30.3 Å². The molecule has 1 aliphatic heterocycles. The highest BCUT2D eigenvalue weighted by molar-refractivity contribution is 5.60. The van der Waals surface area contributed by atoms with Gasteiger partial charge >= 0.3 is 0 Å². The first kappa shape index (κ1) is 16.5. The fourth-order valence-corrected chi connectivity index (χ4v) is 3.16. The number of hydrogen-bond donors (Lipinski definition) is 1. The lowest BCUT2D eigenvalue weighted by Gasteiger charge is -2.44. The van der Waals surface area contributed by atoms with E-state index in [2.05, 4.69) is 36.9 Å². The van der Waals surface area contributed by atoms with Crippen LogP contribution in [0.3, 0.4) is 0 Å². The van der Waals surface area contributed by atoms with Gasteiger partial charge in [0, 0.05) is 5.69 Å². The van der Waals surface area contributed by atoms with E-state index < -0.39 is 0 Å². The van der Waals surface area contributed by atoms with Crippen molar-refractivity contribution in [3.63, 3.8) is 0 Å². The summed E-state index contributed by atoms with van der Waals surface area (Å²) in [4.78, 5) is 2.38. The number of rotatable bonds is 6. The Hall–Kier alpha value is -2.36. The van der Waals surface area contributed by atoms with E-state index in [0.717, 1.165) is 48.8 Å². The maximum atomic E-state index is 6.33. The number of benzene rings is 2. The molecule has 0 bridgehead atoms.